The predicted molar refractivity (Wildman–Crippen MR) is 81.7 cm³/mol. The summed E-state index contributed by atoms with van der Waals surface area (Å²) in [6.07, 6.45) is 9.12. The average molecular weight is 267 g/mol. The van der Waals surface area contributed by atoms with E-state index < -0.39 is 0 Å². The third-order valence-corrected chi connectivity index (χ3v) is 4.95. The standard InChI is InChI=1S/C17H21N3/c1-19-15-10-6-5-9-14(15)16-11-12-18-20(16)17(19)13-7-3-2-4-8-13/h5-6,9-13,17H,2-4,7-8H2,1H3. The largest absolute Gasteiger partial charge is 0.352 e. The van der Waals surface area contributed by atoms with Gasteiger partial charge in [-0.3, -0.25) is 0 Å². The highest BCUT2D eigenvalue weighted by Gasteiger charge is 2.34. The van der Waals surface area contributed by atoms with Crippen molar-refractivity contribution in [3.05, 3.63) is 36.5 Å². The fraction of sp³-hybridized carbons (Fsp3) is 0.471. The lowest BCUT2D eigenvalue weighted by Gasteiger charge is -2.42. The molecule has 0 spiro atoms. The Balaban J connectivity index is 1.82. The highest BCUT2D eigenvalue weighted by Crippen LogP contribution is 2.44. The summed E-state index contributed by atoms with van der Waals surface area (Å²) < 4.78 is 2.25. The van der Waals surface area contributed by atoms with E-state index in [0.717, 1.165) is 5.92 Å². The molecule has 20 heavy (non-hydrogen) atoms. The number of hydrogen-bond donors (Lipinski definition) is 0. The van der Waals surface area contributed by atoms with E-state index in [9.17, 15) is 0 Å². The monoisotopic (exact) mass is 267 g/mol. The second-order valence-electron chi connectivity index (χ2n) is 6.10. The summed E-state index contributed by atoms with van der Waals surface area (Å²) in [6, 6.07) is 10.9. The zero-order chi connectivity index (χ0) is 13.5. The van der Waals surface area contributed by atoms with Crippen molar-refractivity contribution in [1.82, 2.24) is 9.78 Å². The Morgan fingerprint density at radius 3 is 2.70 bits per heavy atom. The molecule has 1 aromatic carbocycles. The van der Waals surface area contributed by atoms with Crippen LogP contribution in [0.5, 0.6) is 0 Å². The Bertz CT molecular complexity index is 610. The molecule has 1 aliphatic carbocycles. The van der Waals surface area contributed by atoms with Crippen LogP contribution in [0, 0.1) is 5.92 Å². The van der Waals surface area contributed by atoms with Crippen LogP contribution in [0.3, 0.4) is 0 Å². The molecule has 2 heterocycles. The maximum absolute atomic E-state index is 4.64. The number of rotatable bonds is 1. The Labute approximate surface area is 120 Å². The quantitative estimate of drug-likeness (QED) is 0.776. The number of para-hydroxylation sites is 1. The topological polar surface area (TPSA) is 21.1 Å². The van der Waals surface area contributed by atoms with E-state index in [0.29, 0.717) is 6.17 Å². The van der Waals surface area contributed by atoms with Crippen LogP contribution in [0.25, 0.3) is 11.3 Å². The molecule has 1 aliphatic heterocycles. The predicted octanol–water partition coefficient (Wildman–Crippen LogP) is 4.08. The summed E-state index contributed by atoms with van der Waals surface area (Å²) in [5.41, 5.74) is 3.92. The first-order valence-electron chi connectivity index (χ1n) is 7.72. The molecule has 3 heteroatoms. The lowest BCUT2D eigenvalue weighted by Crippen LogP contribution is -2.39. The summed E-state index contributed by atoms with van der Waals surface area (Å²) in [7, 11) is 2.22. The van der Waals surface area contributed by atoms with Crippen LogP contribution in [0.2, 0.25) is 0 Å². The highest BCUT2D eigenvalue weighted by molar-refractivity contribution is 5.78. The van der Waals surface area contributed by atoms with Crippen LogP contribution in [-0.2, 0) is 0 Å². The van der Waals surface area contributed by atoms with Crippen molar-refractivity contribution in [2.75, 3.05) is 11.9 Å². The number of aromatic nitrogens is 2. The van der Waals surface area contributed by atoms with Gasteiger partial charge in [0.2, 0.25) is 0 Å². The molecule has 0 radical (unpaired) electrons. The molecule has 1 fully saturated rings. The molecule has 0 amide bonds. The van der Waals surface area contributed by atoms with Gasteiger partial charge in [-0.2, -0.15) is 5.10 Å². The van der Waals surface area contributed by atoms with Gasteiger partial charge in [0.05, 0.1) is 5.69 Å². The lowest BCUT2D eigenvalue weighted by molar-refractivity contribution is 0.232. The number of anilines is 1. The summed E-state index contributed by atoms with van der Waals surface area (Å²) in [5, 5.41) is 4.64. The van der Waals surface area contributed by atoms with E-state index >= 15 is 0 Å². The highest BCUT2D eigenvalue weighted by atomic mass is 15.4. The first-order valence-corrected chi connectivity index (χ1v) is 7.72. The molecule has 1 saturated carbocycles. The van der Waals surface area contributed by atoms with Crippen LogP contribution in [0.4, 0.5) is 5.69 Å². The van der Waals surface area contributed by atoms with Crippen LogP contribution in [0.1, 0.15) is 38.3 Å². The molecular formula is C17H21N3. The molecule has 1 aromatic heterocycles. The second kappa shape index (κ2) is 4.65. The molecule has 0 bridgehead atoms. The molecule has 1 unspecified atom stereocenters. The first kappa shape index (κ1) is 12.0. The van der Waals surface area contributed by atoms with Crippen molar-refractivity contribution in [3.8, 4) is 11.3 Å². The molecule has 3 nitrogen and oxygen atoms in total. The summed E-state index contributed by atoms with van der Waals surface area (Å²) in [5.74, 6) is 0.723. The van der Waals surface area contributed by atoms with Gasteiger partial charge in [0.15, 0.2) is 0 Å². The van der Waals surface area contributed by atoms with Gasteiger partial charge in [0, 0.05) is 24.5 Å². The van der Waals surface area contributed by atoms with Gasteiger partial charge in [-0.1, -0.05) is 37.5 Å². The Hall–Kier alpha value is -1.77. The average Bonchev–Trinajstić information content (AvgIpc) is 2.98. The zero-order valence-electron chi connectivity index (χ0n) is 12.0. The van der Waals surface area contributed by atoms with E-state index in [1.54, 1.807) is 0 Å². The maximum atomic E-state index is 4.64. The molecule has 0 N–H and O–H groups in total. The lowest BCUT2D eigenvalue weighted by atomic mass is 9.85. The van der Waals surface area contributed by atoms with E-state index in [2.05, 4.69) is 52.1 Å². The van der Waals surface area contributed by atoms with Crippen molar-refractivity contribution in [1.29, 1.82) is 0 Å². The fourth-order valence-corrected chi connectivity index (χ4v) is 3.99. The van der Waals surface area contributed by atoms with Gasteiger partial charge in [0.1, 0.15) is 6.17 Å². The first-order chi connectivity index (χ1) is 9.86. The van der Waals surface area contributed by atoms with Crippen molar-refractivity contribution in [3.63, 3.8) is 0 Å². The Morgan fingerprint density at radius 2 is 1.85 bits per heavy atom. The molecule has 4 rings (SSSR count). The molecular weight excluding hydrogens is 246 g/mol. The van der Waals surface area contributed by atoms with Gasteiger partial charge in [-0.15, -0.1) is 0 Å². The molecule has 2 aliphatic rings. The number of fused-ring (bicyclic) bond motifs is 3. The van der Waals surface area contributed by atoms with Gasteiger partial charge in [0.25, 0.3) is 0 Å². The van der Waals surface area contributed by atoms with Crippen molar-refractivity contribution in [2.45, 2.75) is 38.3 Å². The van der Waals surface area contributed by atoms with E-state index in [1.165, 1.54) is 49.0 Å². The minimum atomic E-state index is 0.384. The SMILES string of the molecule is CN1c2ccccc2-c2ccnn2C1C1CCCCC1. The minimum Gasteiger partial charge on any atom is -0.352 e. The van der Waals surface area contributed by atoms with E-state index in [4.69, 9.17) is 0 Å². The molecule has 2 aromatic rings. The minimum absolute atomic E-state index is 0.384. The third-order valence-electron chi connectivity index (χ3n) is 4.95. The third kappa shape index (κ3) is 1.69. The summed E-state index contributed by atoms with van der Waals surface area (Å²) in [6.45, 7) is 0. The smallest absolute Gasteiger partial charge is 0.126 e. The number of benzene rings is 1. The Morgan fingerprint density at radius 1 is 1.05 bits per heavy atom. The normalized spacial score (nSPS) is 22.4. The van der Waals surface area contributed by atoms with Gasteiger partial charge in [-0.25, -0.2) is 4.68 Å². The Kier molecular flexibility index (Phi) is 2.79. The van der Waals surface area contributed by atoms with Crippen molar-refractivity contribution < 1.29 is 0 Å². The van der Waals surface area contributed by atoms with Crippen molar-refractivity contribution >= 4 is 5.69 Å². The van der Waals surface area contributed by atoms with Crippen LogP contribution in [-0.4, -0.2) is 16.8 Å². The molecule has 1 atom stereocenters. The summed E-state index contributed by atoms with van der Waals surface area (Å²) in [4.78, 5) is 2.44. The van der Waals surface area contributed by atoms with E-state index in [1.807, 2.05) is 6.20 Å². The second-order valence-corrected chi connectivity index (χ2v) is 6.10. The molecule has 104 valence electrons. The van der Waals surface area contributed by atoms with E-state index in [-0.39, 0.29) is 0 Å². The zero-order valence-corrected chi connectivity index (χ0v) is 12.0. The van der Waals surface area contributed by atoms with Crippen LogP contribution < -0.4 is 4.90 Å². The van der Waals surface area contributed by atoms with Crippen LogP contribution >= 0.6 is 0 Å². The van der Waals surface area contributed by atoms with Gasteiger partial charge < -0.3 is 4.90 Å². The number of nitrogens with zero attached hydrogens (tertiary/aromatic N) is 3. The maximum Gasteiger partial charge on any atom is 0.126 e. The van der Waals surface area contributed by atoms with Gasteiger partial charge in [-0.05, 0) is 30.9 Å². The van der Waals surface area contributed by atoms with Crippen LogP contribution in [0.15, 0.2) is 36.5 Å². The van der Waals surface area contributed by atoms with Gasteiger partial charge >= 0.3 is 0 Å². The van der Waals surface area contributed by atoms with Crippen molar-refractivity contribution in [2.24, 2.45) is 5.92 Å². The number of hydrogen-bond acceptors (Lipinski definition) is 2. The summed E-state index contributed by atoms with van der Waals surface area (Å²) >= 11 is 0. The molecule has 0 saturated heterocycles. The fourth-order valence-electron chi connectivity index (χ4n) is 3.99.